The van der Waals surface area contributed by atoms with Crippen molar-refractivity contribution in [2.24, 2.45) is 0 Å². The Morgan fingerprint density at radius 2 is 1.88 bits per heavy atom. The second-order valence-corrected chi connectivity index (χ2v) is 7.04. The van der Waals surface area contributed by atoms with Gasteiger partial charge in [0.05, 0.1) is 16.9 Å². The molecule has 1 aliphatic rings. The van der Waals surface area contributed by atoms with Crippen LogP contribution < -0.4 is 4.74 Å². The SMILES string of the molecule is COc1ccc2c(c1)C(=O)c1ccc(-c3nnn[nH]3)cc1S2(=O)=O. The molecule has 8 nitrogen and oxygen atoms in total. The summed E-state index contributed by atoms with van der Waals surface area (Å²) in [4.78, 5) is 12.6. The maximum Gasteiger partial charge on any atom is 0.208 e. The van der Waals surface area contributed by atoms with Crippen LogP contribution in [0.25, 0.3) is 11.4 Å². The summed E-state index contributed by atoms with van der Waals surface area (Å²) in [5.41, 5.74) is 0.704. The van der Waals surface area contributed by atoms with Crippen LogP contribution in [0.15, 0.2) is 46.2 Å². The molecule has 0 unspecified atom stereocenters. The molecule has 3 aromatic rings. The topological polar surface area (TPSA) is 115 Å². The van der Waals surface area contributed by atoms with Gasteiger partial charge in [-0.15, -0.1) is 5.10 Å². The highest BCUT2D eigenvalue weighted by molar-refractivity contribution is 7.91. The number of aromatic amines is 1. The van der Waals surface area contributed by atoms with E-state index in [0.29, 0.717) is 17.1 Å². The van der Waals surface area contributed by atoms with Gasteiger partial charge in [0.25, 0.3) is 0 Å². The zero-order chi connectivity index (χ0) is 16.9. The van der Waals surface area contributed by atoms with E-state index in [1.807, 2.05) is 0 Å². The molecule has 0 spiro atoms. The fourth-order valence-corrected chi connectivity index (χ4v) is 4.33. The normalized spacial score (nSPS) is 14.8. The number of rotatable bonds is 2. The van der Waals surface area contributed by atoms with E-state index < -0.39 is 9.84 Å². The molecule has 0 radical (unpaired) electrons. The Labute approximate surface area is 136 Å². The van der Waals surface area contributed by atoms with Gasteiger partial charge in [-0.1, -0.05) is 6.07 Å². The second-order valence-electron chi connectivity index (χ2n) is 5.16. The average molecular weight is 342 g/mol. The van der Waals surface area contributed by atoms with Crippen LogP contribution in [0.1, 0.15) is 15.9 Å². The highest BCUT2D eigenvalue weighted by Gasteiger charge is 2.35. The van der Waals surface area contributed by atoms with Gasteiger partial charge in [0, 0.05) is 16.7 Å². The molecule has 4 rings (SSSR count). The van der Waals surface area contributed by atoms with E-state index in [0.717, 1.165) is 0 Å². The van der Waals surface area contributed by atoms with E-state index in [1.165, 1.54) is 37.4 Å². The summed E-state index contributed by atoms with van der Waals surface area (Å²) in [6.07, 6.45) is 0. The maximum absolute atomic E-state index is 12.9. The van der Waals surface area contributed by atoms with Crippen molar-refractivity contribution in [3.05, 3.63) is 47.5 Å². The molecular weight excluding hydrogens is 332 g/mol. The lowest BCUT2D eigenvalue weighted by Crippen LogP contribution is -2.20. The molecule has 0 saturated heterocycles. The van der Waals surface area contributed by atoms with E-state index >= 15 is 0 Å². The van der Waals surface area contributed by atoms with Gasteiger partial charge >= 0.3 is 0 Å². The van der Waals surface area contributed by atoms with Crippen LogP contribution in [-0.2, 0) is 9.84 Å². The van der Waals surface area contributed by atoms with Gasteiger partial charge in [-0.2, -0.15) is 0 Å². The Bertz CT molecular complexity index is 1070. The Morgan fingerprint density at radius 1 is 1.04 bits per heavy atom. The highest BCUT2D eigenvalue weighted by atomic mass is 32.2. The number of aromatic nitrogens is 4. The zero-order valence-corrected chi connectivity index (χ0v) is 13.2. The van der Waals surface area contributed by atoms with E-state index in [4.69, 9.17) is 4.74 Å². The molecule has 0 aliphatic carbocycles. The third-order valence-corrected chi connectivity index (χ3v) is 5.71. The number of hydrogen-bond acceptors (Lipinski definition) is 7. The van der Waals surface area contributed by atoms with Crippen LogP contribution >= 0.6 is 0 Å². The van der Waals surface area contributed by atoms with E-state index in [9.17, 15) is 13.2 Å². The number of sulfone groups is 1. The number of carbonyl (C=O) groups excluding carboxylic acids is 1. The van der Waals surface area contributed by atoms with Crippen molar-refractivity contribution in [2.45, 2.75) is 9.79 Å². The summed E-state index contributed by atoms with van der Waals surface area (Å²) in [5.74, 6) is 0.377. The standard InChI is InChI=1S/C15H10N4O4S/c1-23-9-3-5-12-11(7-9)14(20)10-4-2-8(15-16-18-19-17-15)6-13(10)24(12,21)22/h2-7H,1H3,(H,16,17,18,19). The first-order valence-electron chi connectivity index (χ1n) is 6.88. The first kappa shape index (κ1) is 14.5. The Hall–Kier alpha value is -3.07. The monoisotopic (exact) mass is 342 g/mol. The summed E-state index contributed by atoms with van der Waals surface area (Å²) in [7, 11) is -2.38. The van der Waals surface area contributed by atoms with Gasteiger partial charge in [-0.3, -0.25) is 4.79 Å². The van der Waals surface area contributed by atoms with Crippen LogP contribution in [-0.4, -0.2) is 41.9 Å². The van der Waals surface area contributed by atoms with Crippen molar-refractivity contribution < 1.29 is 17.9 Å². The minimum Gasteiger partial charge on any atom is -0.497 e. The van der Waals surface area contributed by atoms with Gasteiger partial charge in [0.15, 0.2) is 11.6 Å². The smallest absolute Gasteiger partial charge is 0.208 e. The number of ether oxygens (including phenoxy) is 1. The zero-order valence-electron chi connectivity index (χ0n) is 12.3. The molecular formula is C15H10N4O4S. The van der Waals surface area contributed by atoms with E-state index in [-0.39, 0.29) is 26.7 Å². The fraction of sp³-hybridized carbons (Fsp3) is 0.0667. The molecule has 24 heavy (non-hydrogen) atoms. The van der Waals surface area contributed by atoms with Crippen LogP contribution in [0.2, 0.25) is 0 Å². The molecule has 1 N–H and O–H groups in total. The molecule has 0 amide bonds. The number of methoxy groups -OCH3 is 1. The predicted octanol–water partition coefficient (Wildman–Crippen LogP) is 1.25. The summed E-state index contributed by atoms with van der Waals surface area (Å²) in [5, 5.41) is 13.3. The van der Waals surface area contributed by atoms with Crippen molar-refractivity contribution in [3.63, 3.8) is 0 Å². The molecule has 2 heterocycles. The van der Waals surface area contributed by atoms with E-state index in [1.54, 1.807) is 6.07 Å². The third kappa shape index (κ3) is 1.95. The van der Waals surface area contributed by atoms with Crippen molar-refractivity contribution >= 4 is 15.6 Å². The predicted molar refractivity (Wildman–Crippen MR) is 81.5 cm³/mol. The van der Waals surface area contributed by atoms with Crippen molar-refractivity contribution in [2.75, 3.05) is 7.11 Å². The first-order chi connectivity index (χ1) is 11.5. The second kappa shape index (κ2) is 4.96. The van der Waals surface area contributed by atoms with E-state index in [2.05, 4.69) is 20.6 Å². The molecule has 9 heteroatoms. The van der Waals surface area contributed by atoms with Gasteiger partial charge in [-0.05, 0) is 40.8 Å². The lowest BCUT2D eigenvalue weighted by Gasteiger charge is -2.19. The number of fused-ring (bicyclic) bond motifs is 2. The first-order valence-corrected chi connectivity index (χ1v) is 8.36. The lowest BCUT2D eigenvalue weighted by molar-refractivity contribution is 0.103. The number of ketones is 1. The quantitative estimate of drug-likeness (QED) is 0.583. The summed E-state index contributed by atoms with van der Waals surface area (Å²) in [6, 6.07) is 8.80. The molecule has 1 aromatic heterocycles. The van der Waals surface area contributed by atoms with Crippen LogP contribution in [0.4, 0.5) is 0 Å². The number of benzene rings is 2. The van der Waals surface area contributed by atoms with Gasteiger partial charge in [0.2, 0.25) is 9.84 Å². The number of hydrogen-bond donors (Lipinski definition) is 1. The molecule has 0 bridgehead atoms. The Balaban J connectivity index is 1.97. The van der Waals surface area contributed by atoms with Gasteiger partial charge in [-0.25, -0.2) is 13.5 Å². The van der Waals surface area contributed by atoms with Gasteiger partial charge in [0.1, 0.15) is 5.75 Å². The summed E-state index contributed by atoms with van der Waals surface area (Å²) < 4.78 is 30.9. The Kier molecular flexibility index (Phi) is 3.00. The summed E-state index contributed by atoms with van der Waals surface area (Å²) in [6.45, 7) is 0. The molecule has 1 aliphatic heterocycles. The van der Waals surface area contributed by atoms with Crippen LogP contribution in [0, 0.1) is 0 Å². The minimum atomic E-state index is -3.83. The molecule has 0 atom stereocenters. The average Bonchev–Trinajstić information content (AvgIpc) is 3.13. The van der Waals surface area contributed by atoms with Crippen molar-refractivity contribution in [1.82, 2.24) is 20.6 Å². The third-order valence-electron chi connectivity index (χ3n) is 3.86. The number of tetrazole rings is 1. The molecule has 120 valence electrons. The van der Waals surface area contributed by atoms with Gasteiger partial charge < -0.3 is 4.74 Å². The number of H-pyrrole nitrogens is 1. The summed E-state index contributed by atoms with van der Waals surface area (Å²) >= 11 is 0. The van der Waals surface area contributed by atoms with Crippen molar-refractivity contribution in [3.8, 4) is 17.1 Å². The number of carbonyl (C=O) groups is 1. The molecule has 0 saturated carbocycles. The lowest BCUT2D eigenvalue weighted by atomic mass is 10.0. The molecule has 0 fully saturated rings. The largest absolute Gasteiger partial charge is 0.497 e. The maximum atomic E-state index is 12.9. The minimum absolute atomic E-state index is 0.0337. The van der Waals surface area contributed by atoms with Crippen molar-refractivity contribution in [1.29, 1.82) is 0 Å². The highest BCUT2D eigenvalue weighted by Crippen LogP contribution is 2.37. The number of nitrogens with one attached hydrogen (secondary N) is 1. The fourth-order valence-electron chi connectivity index (χ4n) is 2.67. The number of nitrogens with zero attached hydrogens (tertiary/aromatic N) is 3. The van der Waals surface area contributed by atoms with Crippen LogP contribution in [0.3, 0.4) is 0 Å². The van der Waals surface area contributed by atoms with Crippen LogP contribution in [0.5, 0.6) is 5.75 Å². The molecule has 2 aromatic carbocycles. The Morgan fingerprint density at radius 3 is 2.58 bits per heavy atom.